The van der Waals surface area contributed by atoms with Crippen molar-refractivity contribution < 1.29 is 13.2 Å². The molecule has 5 nitrogen and oxygen atoms in total. The highest BCUT2D eigenvalue weighted by molar-refractivity contribution is 7.91. The molecule has 1 aliphatic rings. The van der Waals surface area contributed by atoms with Gasteiger partial charge < -0.3 is 4.90 Å². The molecule has 2 aromatic rings. The monoisotopic (exact) mass is 392 g/mol. The highest BCUT2D eigenvalue weighted by Gasteiger charge is 2.33. The smallest absolute Gasteiger partial charge is 0.252 e. The van der Waals surface area contributed by atoms with Crippen LogP contribution in [0.25, 0.3) is 0 Å². The molecule has 2 heterocycles. The van der Waals surface area contributed by atoms with Crippen LogP contribution in [0.4, 0.5) is 0 Å². The highest BCUT2D eigenvalue weighted by atomic mass is 32.2. The molecular formula is C19H24N2O3S2. The number of nitrogens with zero attached hydrogens (tertiary/aromatic N) is 2. The van der Waals surface area contributed by atoms with E-state index in [1.807, 2.05) is 42.2 Å². The number of carbonyl (C=O) groups excluding carboxylic acids is 1. The van der Waals surface area contributed by atoms with Gasteiger partial charge in [-0.15, -0.1) is 11.3 Å². The van der Waals surface area contributed by atoms with Crippen molar-refractivity contribution in [2.24, 2.45) is 5.92 Å². The SMILES string of the molecule is CCN(Cc1ccccc1)C(=O)C1CCN(S(=O)(=O)c2cccs2)CC1. The molecule has 0 N–H and O–H groups in total. The third kappa shape index (κ3) is 4.16. The fraction of sp³-hybridized carbons (Fsp3) is 0.421. The summed E-state index contributed by atoms with van der Waals surface area (Å²) in [6.07, 6.45) is 1.16. The molecule has 7 heteroatoms. The Labute approximate surface area is 159 Å². The number of thiophene rings is 1. The zero-order valence-corrected chi connectivity index (χ0v) is 16.5. The Balaban J connectivity index is 1.61. The van der Waals surface area contributed by atoms with Crippen molar-refractivity contribution in [1.29, 1.82) is 0 Å². The van der Waals surface area contributed by atoms with Crippen molar-refractivity contribution in [3.63, 3.8) is 0 Å². The van der Waals surface area contributed by atoms with Crippen molar-refractivity contribution in [3.05, 3.63) is 53.4 Å². The van der Waals surface area contributed by atoms with Crippen molar-refractivity contribution in [2.75, 3.05) is 19.6 Å². The van der Waals surface area contributed by atoms with E-state index in [2.05, 4.69) is 0 Å². The van der Waals surface area contributed by atoms with Gasteiger partial charge in [-0.05, 0) is 36.8 Å². The fourth-order valence-corrected chi connectivity index (χ4v) is 5.90. The minimum absolute atomic E-state index is 0.103. The normalized spacial score (nSPS) is 16.5. The molecule has 140 valence electrons. The standard InChI is InChI=1S/C19H24N2O3S2/c1-2-20(15-16-7-4-3-5-8-16)19(22)17-10-12-21(13-11-17)26(23,24)18-9-6-14-25-18/h3-9,14,17H,2,10-13,15H2,1H3. The topological polar surface area (TPSA) is 57.7 Å². The van der Waals surface area contributed by atoms with E-state index >= 15 is 0 Å². The van der Waals surface area contributed by atoms with Crippen LogP contribution in [0.1, 0.15) is 25.3 Å². The predicted molar refractivity (Wildman–Crippen MR) is 103 cm³/mol. The van der Waals surface area contributed by atoms with Crippen molar-refractivity contribution in [1.82, 2.24) is 9.21 Å². The maximum absolute atomic E-state index is 12.9. The molecule has 1 fully saturated rings. The van der Waals surface area contributed by atoms with E-state index in [0.29, 0.717) is 43.2 Å². The molecule has 0 unspecified atom stereocenters. The molecule has 1 amide bonds. The lowest BCUT2D eigenvalue weighted by atomic mass is 9.96. The molecule has 1 aliphatic heterocycles. The van der Waals surface area contributed by atoms with E-state index in [1.165, 1.54) is 15.6 Å². The average Bonchev–Trinajstić information content (AvgIpc) is 3.22. The summed E-state index contributed by atoms with van der Waals surface area (Å²) in [5.74, 6) is 0.0259. The van der Waals surface area contributed by atoms with Gasteiger partial charge in [-0.25, -0.2) is 8.42 Å². The lowest BCUT2D eigenvalue weighted by Gasteiger charge is -2.33. The third-order valence-electron chi connectivity index (χ3n) is 4.80. The number of rotatable bonds is 6. The van der Waals surface area contributed by atoms with E-state index in [-0.39, 0.29) is 11.8 Å². The molecular weight excluding hydrogens is 368 g/mol. The van der Waals surface area contributed by atoms with Crippen LogP contribution in [0, 0.1) is 5.92 Å². The van der Waals surface area contributed by atoms with Crippen molar-refractivity contribution in [2.45, 2.75) is 30.5 Å². The first-order valence-corrected chi connectivity index (χ1v) is 11.2. The van der Waals surface area contributed by atoms with Crippen molar-refractivity contribution >= 4 is 27.3 Å². The number of hydrogen-bond donors (Lipinski definition) is 0. The number of amides is 1. The third-order valence-corrected chi connectivity index (χ3v) is 8.07. The summed E-state index contributed by atoms with van der Waals surface area (Å²) in [4.78, 5) is 14.7. The minimum Gasteiger partial charge on any atom is -0.338 e. The van der Waals surface area contributed by atoms with Crippen LogP contribution in [0.15, 0.2) is 52.1 Å². The number of piperidine rings is 1. The molecule has 0 atom stereocenters. The Morgan fingerprint density at radius 2 is 1.85 bits per heavy atom. The maximum Gasteiger partial charge on any atom is 0.252 e. The second-order valence-corrected chi connectivity index (χ2v) is 9.56. The molecule has 0 saturated carbocycles. The lowest BCUT2D eigenvalue weighted by molar-refractivity contribution is -0.137. The second-order valence-electron chi connectivity index (χ2n) is 6.45. The molecule has 3 rings (SSSR count). The highest BCUT2D eigenvalue weighted by Crippen LogP contribution is 2.27. The minimum atomic E-state index is -3.42. The zero-order chi connectivity index (χ0) is 18.6. The zero-order valence-electron chi connectivity index (χ0n) is 14.9. The van der Waals surface area contributed by atoms with Crippen LogP contribution in [0.3, 0.4) is 0 Å². The molecule has 1 saturated heterocycles. The van der Waals surface area contributed by atoms with Crippen LogP contribution >= 0.6 is 11.3 Å². The summed E-state index contributed by atoms with van der Waals surface area (Å²) < 4.78 is 27.1. The van der Waals surface area contributed by atoms with Crippen LogP contribution in [-0.2, 0) is 21.4 Å². The molecule has 0 radical (unpaired) electrons. The molecule has 0 aliphatic carbocycles. The Bertz CT molecular complexity index is 812. The first kappa shape index (κ1) is 19.1. The number of carbonyl (C=O) groups is 1. The summed E-state index contributed by atoms with van der Waals surface area (Å²) in [5, 5.41) is 1.77. The fourth-order valence-electron chi connectivity index (χ4n) is 3.29. The maximum atomic E-state index is 12.9. The summed E-state index contributed by atoms with van der Waals surface area (Å²) in [6.45, 7) is 4.04. The molecule has 0 spiro atoms. The summed E-state index contributed by atoms with van der Waals surface area (Å²) in [5.41, 5.74) is 1.11. The van der Waals surface area contributed by atoms with Gasteiger partial charge in [0.2, 0.25) is 5.91 Å². The second kappa shape index (κ2) is 8.33. The average molecular weight is 393 g/mol. The lowest BCUT2D eigenvalue weighted by Crippen LogP contribution is -2.44. The largest absolute Gasteiger partial charge is 0.338 e. The van der Waals surface area contributed by atoms with Crippen molar-refractivity contribution in [3.8, 4) is 0 Å². The molecule has 1 aromatic carbocycles. The first-order chi connectivity index (χ1) is 12.5. The Hall–Kier alpha value is -1.70. The summed E-state index contributed by atoms with van der Waals surface area (Å²) in [6, 6.07) is 13.3. The number of benzene rings is 1. The van der Waals surface area contributed by atoms with Gasteiger partial charge in [-0.2, -0.15) is 4.31 Å². The van der Waals surface area contributed by atoms with Crippen LogP contribution in [0.2, 0.25) is 0 Å². The van der Waals surface area contributed by atoms with Crippen LogP contribution in [0.5, 0.6) is 0 Å². The van der Waals surface area contributed by atoms with Gasteiger partial charge in [-0.1, -0.05) is 36.4 Å². The van der Waals surface area contributed by atoms with Crippen LogP contribution in [-0.4, -0.2) is 43.2 Å². The summed E-state index contributed by atoms with van der Waals surface area (Å²) >= 11 is 1.24. The number of hydrogen-bond acceptors (Lipinski definition) is 4. The van der Waals surface area contributed by atoms with E-state index < -0.39 is 10.0 Å². The van der Waals surface area contributed by atoms with E-state index in [4.69, 9.17) is 0 Å². The van der Waals surface area contributed by atoms with Gasteiger partial charge in [0.15, 0.2) is 0 Å². The Morgan fingerprint density at radius 3 is 2.42 bits per heavy atom. The molecule has 0 bridgehead atoms. The predicted octanol–water partition coefficient (Wildman–Crippen LogP) is 3.20. The quantitative estimate of drug-likeness (QED) is 0.759. The van der Waals surface area contributed by atoms with E-state index in [1.54, 1.807) is 17.5 Å². The summed E-state index contributed by atoms with van der Waals surface area (Å²) in [7, 11) is -3.42. The van der Waals surface area contributed by atoms with Gasteiger partial charge in [0.1, 0.15) is 4.21 Å². The Kier molecular flexibility index (Phi) is 6.11. The number of sulfonamides is 1. The Morgan fingerprint density at radius 1 is 1.15 bits per heavy atom. The van der Waals surface area contributed by atoms with Gasteiger partial charge in [-0.3, -0.25) is 4.79 Å². The molecule has 1 aromatic heterocycles. The van der Waals surface area contributed by atoms with E-state index in [9.17, 15) is 13.2 Å². The van der Waals surface area contributed by atoms with Gasteiger partial charge in [0, 0.05) is 32.1 Å². The van der Waals surface area contributed by atoms with Crippen LogP contribution < -0.4 is 0 Å². The van der Waals surface area contributed by atoms with Gasteiger partial charge in [0.05, 0.1) is 0 Å². The first-order valence-electron chi connectivity index (χ1n) is 8.88. The van der Waals surface area contributed by atoms with Gasteiger partial charge >= 0.3 is 0 Å². The van der Waals surface area contributed by atoms with Gasteiger partial charge in [0.25, 0.3) is 10.0 Å². The molecule has 26 heavy (non-hydrogen) atoms. The van der Waals surface area contributed by atoms with E-state index in [0.717, 1.165) is 5.56 Å².